The summed E-state index contributed by atoms with van der Waals surface area (Å²) in [6, 6.07) is 15.4. The SMILES string of the molecule is C=C(/C=C\C=C(/C)C(F)F)c1nc(Nc2ccncc2C(=C)N2CCC(O)(c3ccccc3)CC2)c2cccn2n1. The number of pyridine rings is 1. The molecular formula is C32H32F2N6O. The summed E-state index contributed by atoms with van der Waals surface area (Å²) in [4.78, 5) is 11.2. The van der Waals surface area contributed by atoms with E-state index in [4.69, 9.17) is 4.98 Å². The number of aliphatic hydroxyl groups is 1. The monoisotopic (exact) mass is 554 g/mol. The van der Waals surface area contributed by atoms with Gasteiger partial charge in [0, 0.05) is 48.5 Å². The predicted molar refractivity (Wildman–Crippen MR) is 159 cm³/mol. The second-order valence-electron chi connectivity index (χ2n) is 10.1. The Hall–Kier alpha value is -4.63. The first-order chi connectivity index (χ1) is 19.7. The number of fused-ring (bicyclic) bond motifs is 1. The molecule has 4 heterocycles. The van der Waals surface area contributed by atoms with Crippen molar-refractivity contribution in [1.29, 1.82) is 0 Å². The van der Waals surface area contributed by atoms with Crippen molar-refractivity contribution in [2.45, 2.75) is 31.8 Å². The summed E-state index contributed by atoms with van der Waals surface area (Å²) in [6.07, 6.45) is 8.38. The van der Waals surface area contributed by atoms with Crippen LogP contribution in [0.5, 0.6) is 0 Å². The third-order valence-electron chi connectivity index (χ3n) is 7.35. The zero-order valence-corrected chi connectivity index (χ0v) is 22.8. The minimum absolute atomic E-state index is 0.0397. The van der Waals surface area contributed by atoms with Gasteiger partial charge in [0.2, 0.25) is 0 Å². The van der Waals surface area contributed by atoms with E-state index in [9.17, 15) is 13.9 Å². The Morgan fingerprint density at radius 1 is 1.10 bits per heavy atom. The van der Waals surface area contributed by atoms with E-state index < -0.39 is 12.0 Å². The van der Waals surface area contributed by atoms with Gasteiger partial charge in [0.25, 0.3) is 6.43 Å². The molecule has 1 saturated heterocycles. The van der Waals surface area contributed by atoms with E-state index in [0.29, 0.717) is 43.1 Å². The average Bonchev–Trinajstić information content (AvgIpc) is 3.47. The van der Waals surface area contributed by atoms with Crippen LogP contribution in [0.2, 0.25) is 0 Å². The van der Waals surface area contributed by atoms with Crippen molar-refractivity contribution in [3.63, 3.8) is 0 Å². The molecule has 0 radical (unpaired) electrons. The molecule has 1 aliphatic rings. The highest BCUT2D eigenvalue weighted by atomic mass is 19.3. The van der Waals surface area contributed by atoms with E-state index in [1.54, 1.807) is 29.2 Å². The molecule has 0 unspecified atom stereocenters. The Morgan fingerprint density at radius 3 is 2.59 bits per heavy atom. The quantitative estimate of drug-likeness (QED) is 0.227. The van der Waals surface area contributed by atoms with Gasteiger partial charge in [0.15, 0.2) is 11.6 Å². The van der Waals surface area contributed by atoms with Crippen LogP contribution in [0.3, 0.4) is 0 Å². The molecule has 1 fully saturated rings. The van der Waals surface area contributed by atoms with E-state index in [0.717, 1.165) is 28.0 Å². The molecule has 1 aliphatic heterocycles. The summed E-state index contributed by atoms with van der Waals surface area (Å²) < 4.78 is 27.3. The van der Waals surface area contributed by atoms with Crippen LogP contribution in [0.25, 0.3) is 16.8 Å². The number of rotatable bonds is 9. The molecular weight excluding hydrogens is 522 g/mol. The number of nitrogens with zero attached hydrogens (tertiary/aromatic N) is 5. The van der Waals surface area contributed by atoms with Crippen molar-refractivity contribution < 1.29 is 13.9 Å². The maximum absolute atomic E-state index is 12.8. The Labute approximate surface area is 237 Å². The van der Waals surface area contributed by atoms with Gasteiger partial charge < -0.3 is 15.3 Å². The lowest BCUT2D eigenvalue weighted by atomic mass is 9.84. The number of likely N-dealkylation sites (tertiary alicyclic amines) is 1. The number of piperidine rings is 1. The van der Waals surface area contributed by atoms with E-state index in [1.807, 2.05) is 48.5 Å². The minimum atomic E-state index is -2.51. The van der Waals surface area contributed by atoms with Crippen molar-refractivity contribution in [2.75, 3.05) is 18.4 Å². The molecule has 5 rings (SSSR count). The Bertz CT molecular complexity index is 1620. The summed E-state index contributed by atoms with van der Waals surface area (Å²) in [7, 11) is 0. The number of alkyl halides is 2. The zero-order chi connectivity index (χ0) is 29.0. The van der Waals surface area contributed by atoms with Gasteiger partial charge in [-0.3, -0.25) is 4.98 Å². The number of nitrogens with one attached hydrogen (secondary N) is 1. The predicted octanol–water partition coefficient (Wildman–Crippen LogP) is 6.60. The van der Waals surface area contributed by atoms with Gasteiger partial charge >= 0.3 is 0 Å². The van der Waals surface area contributed by atoms with E-state index >= 15 is 0 Å². The van der Waals surface area contributed by atoms with Crippen molar-refractivity contribution in [2.24, 2.45) is 0 Å². The molecule has 1 aromatic carbocycles. The van der Waals surface area contributed by atoms with Gasteiger partial charge in [-0.25, -0.2) is 18.3 Å². The topological polar surface area (TPSA) is 78.6 Å². The van der Waals surface area contributed by atoms with Gasteiger partial charge in [0.05, 0.1) is 11.3 Å². The lowest BCUT2D eigenvalue weighted by Crippen LogP contribution is -2.41. The maximum Gasteiger partial charge on any atom is 0.259 e. The van der Waals surface area contributed by atoms with Crippen LogP contribution in [-0.4, -0.2) is 49.1 Å². The summed E-state index contributed by atoms with van der Waals surface area (Å²) in [5.41, 5.74) is 3.62. The molecule has 0 aliphatic carbocycles. The lowest BCUT2D eigenvalue weighted by molar-refractivity contribution is -0.0139. The second kappa shape index (κ2) is 11.9. The lowest BCUT2D eigenvalue weighted by Gasteiger charge is -2.40. The Balaban J connectivity index is 1.37. The third-order valence-corrected chi connectivity index (χ3v) is 7.35. The molecule has 210 valence electrons. The molecule has 0 bridgehead atoms. The van der Waals surface area contributed by atoms with Crippen LogP contribution in [-0.2, 0) is 5.60 Å². The fraction of sp³-hybridized carbons (Fsp3) is 0.219. The maximum atomic E-state index is 12.8. The molecule has 7 nitrogen and oxygen atoms in total. The van der Waals surface area contributed by atoms with E-state index in [-0.39, 0.29) is 5.57 Å². The van der Waals surface area contributed by atoms with Crippen molar-refractivity contribution >= 4 is 28.3 Å². The largest absolute Gasteiger partial charge is 0.385 e. The molecule has 3 aromatic heterocycles. The highest BCUT2D eigenvalue weighted by molar-refractivity contribution is 5.81. The zero-order valence-electron chi connectivity index (χ0n) is 22.8. The Kier molecular flexibility index (Phi) is 8.07. The normalized spacial score (nSPS) is 15.5. The minimum Gasteiger partial charge on any atom is -0.385 e. The molecule has 2 N–H and O–H groups in total. The number of aromatic nitrogens is 4. The fourth-order valence-electron chi connectivity index (χ4n) is 4.84. The summed E-state index contributed by atoms with van der Waals surface area (Å²) in [5.74, 6) is 0.896. The number of anilines is 2. The molecule has 4 aromatic rings. The number of hydrogen-bond acceptors (Lipinski definition) is 6. The highest BCUT2D eigenvalue weighted by Gasteiger charge is 2.34. The van der Waals surface area contributed by atoms with Crippen LogP contribution in [0, 0.1) is 0 Å². The number of hydrogen-bond donors (Lipinski definition) is 2. The number of halogens is 2. The summed E-state index contributed by atoms with van der Waals surface area (Å²) in [5, 5.41) is 19.2. The van der Waals surface area contributed by atoms with Crippen LogP contribution < -0.4 is 5.32 Å². The second-order valence-corrected chi connectivity index (χ2v) is 10.1. The number of allylic oxidation sites excluding steroid dienone is 5. The summed E-state index contributed by atoms with van der Waals surface area (Å²) in [6.45, 7) is 11.1. The third kappa shape index (κ3) is 6.10. The number of benzene rings is 1. The van der Waals surface area contributed by atoms with Crippen LogP contribution in [0.15, 0.2) is 104 Å². The fourth-order valence-corrected chi connectivity index (χ4v) is 4.84. The first-order valence-electron chi connectivity index (χ1n) is 13.4. The van der Waals surface area contributed by atoms with Gasteiger partial charge in [-0.2, -0.15) is 0 Å². The van der Waals surface area contributed by atoms with Crippen molar-refractivity contribution in [3.8, 4) is 0 Å². The van der Waals surface area contributed by atoms with Crippen LogP contribution in [0.1, 0.15) is 36.7 Å². The van der Waals surface area contributed by atoms with Gasteiger partial charge in [0.1, 0.15) is 5.52 Å². The smallest absolute Gasteiger partial charge is 0.259 e. The van der Waals surface area contributed by atoms with Crippen molar-refractivity contribution in [1.82, 2.24) is 24.5 Å². The van der Waals surface area contributed by atoms with Gasteiger partial charge in [-0.15, -0.1) is 5.10 Å². The molecule has 0 saturated carbocycles. The molecule has 41 heavy (non-hydrogen) atoms. The van der Waals surface area contributed by atoms with Crippen LogP contribution >= 0.6 is 0 Å². The van der Waals surface area contributed by atoms with E-state index in [2.05, 4.69) is 33.5 Å². The first kappa shape index (κ1) is 27.9. The molecule has 0 amide bonds. The van der Waals surface area contributed by atoms with Crippen molar-refractivity contribution in [3.05, 3.63) is 121 Å². The molecule has 0 atom stereocenters. The van der Waals surface area contributed by atoms with E-state index in [1.165, 1.54) is 19.1 Å². The Morgan fingerprint density at radius 2 is 1.85 bits per heavy atom. The highest BCUT2D eigenvalue weighted by Crippen LogP contribution is 2.36. The summed E-state index contributed by atoms with van der Waals surface area (Å²) >= 11 is 0. The van der Waals surface area contributed by atoms with Gasteiger partial charge in [-0.1, -0.05) is 61.7 Å². The standard InChI is InChI=1S/C32H32F2N6O/c1-22(29(33)34)9-7-10-23(2)30-37-31(28-13-8-18-40(28)38-30)36-27-14-17-35-21-26(27)24(3)39-19-15-32(41,16-20-39)25-11-5-4-6-12-25/h4-14,17-18,21,29,41H,2-3,15-16,19-20H2,1H3,(H,35,36,37,38)/b10-7-,22-9+. The first-order valence-corrected chi connectivity index (χ1v) is 13.4. The van der Waals surface area contributed by atoms with Crippen LogP contribution in [0.4, 0.5) is 20.3 Å². The van der Waals surface area contributed by atoms with Gasteiger partial charge in [-0.05, 0) is 49.1 Å². The average molecular weight is 555 g/mol. The molecule has 0 spiro atoms. The molecule has 9 heteroatoms.